The summed E-state index contributed by atoms with van der Waals surface area (Å²) in [5.74, 6) is 1.50. The Morgan fingerprint density at radius 2 is 2.05 bits per heavy atom. The molecule has 0 spiro atoms. The zero-order valence-electron chi connectivity index (χ0n) is 12.3. The van der Waals surface area contributed by atoms with Crippen molar-refractivity contribution in [2.24, 2.45) is 0 Å². The molecule has 2 nitrogen and oxygen atoms in total. The third kappa shape index (κ3) is 2.30. The Balaban J connectivity index is 1.82. The fourth-order valence-electron chi connectivity index (χ4n) is 3.55. The molecule has 1 N–H and O–H groups in total. The van der Waals surface area contributed by atoms with Gasteiger partial charge in [-0.3, -0.25) is 0 Å². The van der Waals surface area contributed by atoms with Crippen LogP contribution >= 0.6 is 23.2 Å². The maximum Gasteiger partial charge on any atom is 0.126 e. The highest BCUT2D eigenvalue weighted by Crippen LogP contribution is 2.45. The van der Waals surface area contributed by atoms with Crippen LogP contribution in [0.3, 0.4) is 0 Å². The maximum atomic E-state index is 6.38. The minimum Gasteiger partial charge on any atom is -0.489 e. The van der Waals surface area contributed by atoms with Crippen molar-refractivity contribution < 1.29 is 4.74 Å². The van der Waals surface area contributed by atoms with Crippen molar-refractivity contribution in [2.75, 3.05) is 13.1 Å². The lowest BCUT2D eigenvalue weighted by Gasteiger charge is -2.24. The molecule has 114 valence electrons. The van der Waals surface area contributed by atoms with Crippen LogP contribution in [0.2, 0.25) is 10.0 Å². The summed E-state index contributed by atoms with van der Waals surface area (Å²) in [5.41, 5.74) is 4.63. The molecule has 2 aromatic carbocycles. The third-order valence-electron chi connectivity index (χ3n) is 4.63. The minimum absolute atomic E-state index is 0.311. The lowest BCUT2D eigenvalue weighted by Crippen LogP contribution is -2.37. The first-order valence-electron chi connectivity index (χ1n) is 7.61. The topological polar surface area (TPSA) is 21.3 Å². The average molecular weight is 334 g/mol. The molecule has 0 radical (unpaired) electrons. The zero-order valence-corrected chi connectivity index (χ0v) is 13.8. The summed E-state index contributed by atoms with van der Waals surface area (Å²) in [7, 11) is 0. The summed E-state index contributed by atoms with van der Waals surface area (Å²) in [4.78, 5) is 0. The van der Waals surface area contributed by atoms with Crippen molar-refractivity contribution in [3.8, 4) is 16.9 Å². The van der Waals surface area contributed by atoms with Crippen LogP contribution < -0.4 is 10.1 Å². The summed E-state index contributed by atoms with van der Waals surface area (Å²) in [6.07, 6.45) is 1.38. The highest BCUT2D eigenvalue weighted by Gasteiger charge is 2.37. The monoisotopic (exact) mass is 333 g/mol. The van der Waals surface area contributed by atoms with Gasteiger partial charge >= 0.3 is 0 Å². The van der Waals surface area contributed by atoms with E-state index < -0.39 is 0 Å². The fraction of sp³-hybridized carbons (Fsp3) is 0.333. The van der Waals surface area contributed by atoms with Gasteiger partial charge in [0.25, 0.3) is 0 Å². The first-order valence-corrected chi connectivity index (χ1v) is 8.36. The smallest absolute Gasteiger partial charge is 0.126 e. The van der Waals surface area contributed by atoms with Crippen LogP contribution in [-0.4, -0.2) is 19.2 Å². The molecular weight excluding hydrogens is 317 g/mol. The van der Waals surface area contributed by atoms with Crippen LogP contribution in [0.4, 0.5) is 0 Å². The first kappa shape index (κ1) is 14.4. The highest BCUT2D eigenvalue weighted by atomic mass is 35.5. The molecule has 2 atom stereocenters. The summed E-state index contributed by atoms with van der Waals surface area (Å²) in [6.45, 7) is 4.12. The lowest BCUT2D eigenvalue weighted by molar-refractivity contribution is 0.171. The Bertz CT molecular complexity index is 744. The summed E-state index contributed by atoms with van der Waals surface area (Å²) in [6, 6.07) is 10.0. The molecule has 0 bridgehead atoms. The third-order valence-corrected chi connectivity index (χ3v) is 5.18. The second-order valence-corrected chi connectivity index (χ2v) is 6.93. The van der Waals surface area contributed by atoms with E-state index in [1.54, 1.807) is 6.07 Å². The Hall–Kier alpha value is -1.22. The van der Waals surface area contributed by atoms with Gasteiger partial charge in [0.05, 0.1) is 0 Å². The first-order chi connectivity index (χ1) is 10.6. The van der Waals surface area contributed by atoms with Gasteiger partial charge in [-0.05, 0) is 55.3 Å². The Morgan fingerprint density at radius 1 is 1.18 bits per heavy atom. The van der Waals surface area contributed by atoms with Gasteiger partial charge in [-0.15, -0.1) is 0 Å². The molecule has 2 heterocycles. The predicted molar refractivity (Wildman–Crippen MR) is 91.3 cm³/mol. The van der Waals surface area contributed by atoms with Crippen molar-refractivity contribution in [2.45, 2.75) is 25.4 Å². The number of aryl methyl sites for hydroxylation is 1. The van der Waals surface area contributed by atoms with Crippen LogP contribution in [0.15, 0.2) is 30.3 Å². The lowest BCUT2D eigenvalue weighted by atomic mass is 9.88. The molecule has 2 aliphatic heterocycles. The van der Waals surface area contributed by atoms with Crippen LogP contribution in [-0.2, 0) is 0 Å². The molecule has 4 rings (SSSR count). The van der Waals surface area contributed by atoms with E-state index in [9.17, 15) is 0 Å². The van der Waals surface area contributed by atoms with Gasteiger partial charge in [0.1, 0.15) is 11.9 Å². The van der Waals surface area contributed by atoms with Crippen molar-refractivity contribution in [1.29, 1.82) is 0 Å². The minimum atomic E-state index is 0.311. The molecular formula is C18H17Cl2NO. The molecule has 22 heavy (non-hydrogen) atoms. The largest absolute Gasteiger partial charge is 0.489 e. The number of hydrogen-bond donors (Lipinski definition) is 1. The van der Waals surface area contributed by atoms with Crippen molar-refractivity contribution in [3.05, 3.63) is 51.5 Å². The second-order valence-electron chi connectivity index (χ2n) is 6.09. The SMILES string of the molecule is Cc1cc(-c2ccc(Cl)cc2Cl)cc2c1O[C@H]1CCNC[C@@H]21. The number of halogens is 2. The van der Waals surface area contributed by atoms with E-state index in [2.05, 4.69) is 24.4 Å². The molecule has 1 saturated heterocycles. The van der Waals surface area contributed by atoms with Gasteiger partial charge in [-0.1, -0.05) is 29.3 Å². The standard InChI is InChI=1S/C18H17Cl2NO/c1-10-6-11(13-3-2-12(19)8-16(13)20)7-14-15-9-21-5-4-17(15)22-18(10)14/h2-3,6-8,15,17,21H,4-5,9H2,1H3/t15-,17-/m0/s1. The van der Waals surface area contributed by atoms with Crippen LogP contribution in [0.25, 0.3) is 11.1 Å². The van der Waals surface area contributed by atoms with Gasteiger partial charge in [0.15, 0.2) is 0 Å². The number of hydrogen-bond acceptors (Lipinski definition) is 2. The van der Waals surface area contributed by atoms with E-state index in [1.165, 1.54) is 11.1 Å². The van der Waals surface area contributed by atoms with E-state index in [4.69, 9.17) is 27.9 Å². The number of benzene rings is 2. The predicted octanol–water partition coefficient (Wildman–Crippen LogP) is 4.81. The van der Waals surface area contributed by atoms with Crippen molar-refractivity contribution in [1.82, 2.24) is 5.32 Å². The van der Waals surface area contributed by atoms with Crippen molar-refractivity contribution >= 4 is 23.2 Å². The summed E-state index contributed by atoms with van der Waals surface area (Å²) in [5, 5.41) is 4.81. The van der Waals surface area contributed by atoms with Gasteiger partial charge in [-0.2, -0.15) is 0 Å². The summed E-state index contributed by atoms with van der Waals surface area (Å²) >= 11 is 12.4. The van der Waals surface area contributed by atoms with E-state index in [0.29, 0.717) is 22.1 Å². The average Bonchev–Trinajstić information content (AvgIpc) is 2.87. The Morgan fingerprint density at radius 3 is 2.86 bits per heavy atom. The van der Waals surface area contributed by atoms with Crippen LogP contribution in [0.5, 0.6) is 5.75 Å². The molecule has 0 aromatic heterocycles. The number of ether oxygens (including phenoxy) is 1. The number of rotatable bonds is 1. The normalized spacial score (nSPS) is 22.9. The van der Waals surface area contributed by atoms with E-state index in [1.807, 2.05) is 12.1 Å². The molecule has 2 aliphatic rings. The fourth-order valence-corrected chi connectivity index (χ4v) is 4.07. The Kier molecular flexibility index (Phi) is 3.56. The van der Waals surface area contributed by atoms with E-state index >= 15 is 0 Å². The molecule has 1 fully saturated rings. The van der Waals surface area contributed by atoms with E-state index in [0.717, 1.165) is 36.4 Å². The highest BCUT2D eigenvalue weighted by molar-refractivity contribution is 6.36. The Labute approximate surface area is 140 Å². The quantitative estimate of drug-likeness (QED) is 0.808. The maximum absolute atomic E-state index is 6.38. The molecule has 0 aliphatic carbocycles. The van der Waals surface area contributed by atoms with Gasteiger partial charge in [0.2, 0.25) is 0 Å². The molecule has 0 unspecified atom stereocenters. The zero-order chi connectivity index (χ0) is 15.3. The van der Waals surface area contributed by atoms with Crippen LogP contribution in [0.1, 0.15) is 23.5 Å². The van der Waals surface area contributed by atoms with E-state index in [-0.39, 0.29) is 0 Å². The van der Waals surface area contributed by atoms with Crippen LogP contribution in [0, 0.1) is 6.92 Å². The summed E-state index contributed by atoms with van der Waals surface area (Å²) < 4.78 is 6.19. The number of fused-ring (bicyclic) bond motifs is 3. The number of piperidine rings is 1. The molecule has 0 saturated carbocycles. The molecule has 4 heteroatoms. The molecule has 0 amide bonds. The van der Waals surface area contributed by atoms with Gasteiger partial charge < -0.3 is 10.1 Å². The van der Waals surface area contributed by atoms with Crippen molar-refractivity contribution in [3.63, 3.8) is 0 Å². The van der Waals surface area contributed by atoms with Gasteiger partial charge in [-0.25, -0.2) is 0 Å². The number of nitrogens with one attached hydrogen (secondary N) is 1. The second kappa shape index (κ2) is 5.45. The van der Waals surface area contributed by atoms with Gasteiger partial charge in [0, 0.05) is 33.6 Å². The molecule has 2 aromatic rings.